The maximum Gasteiger partial charge on any atom is 0.416 e. The number of carbonyl (C=O) groups is 1. The number of hydrogen-bond acceptors (Lipinski definition) is 6. The van der Waals surface area contributed by atoms with Gasteiger partial charge in [0.2, 0.25) is 0 Å². The van der Waals surface area contributed by atoms with Crippen molar-refractivity contribution < 1.29 is 31.5 Å². The Morgan fingerprint density at radius 2 is 1.93 bits per heavy atom. The molecular formula is C26H27Cl2F3N4O5S. The van der Waals surface area contributed by atoms with Crippen molar-refractivity contribution in [3.63, 3.8) is 0 Å². The van der Waals surface area contributed by atoms with Crippen LogP contribution in [0.2, 0.25) is 10.0 Å². The van der Waals surface area contributed by atoms with Crippen molar-refractivity contribution in [1.29, 1.82) is 0 Å². The molecule has 0 spiro atoms. The zero-order valence-corrected chi connectivity index (χ0v) is 24.4. The van der Waals surface area contributed by atoms with Gasteiger partial charge < -0.3 is 10.0 Å². The van der Waals surface area contributed by atoms with Gasteiger partial charge in [-0.1, -0.05) is 30.1 Å². The normalized spacial score (nSPS) is 16.4. The maximum absolute atomic E-state index is 14.3. The summed E-state index contributed by atoms with van der Waals surface area (Å²) in [4.78, 5) is 31.6. The predicted octanol–water partition coefficient (Wildman–Crippen LogP) is 5.00. The Labute approximate surface area is 244 Å². The average molecular weight is 635 g/mol. The molecule has 2 aromatic carbocycles. The van der Waals surface area contributed by atoms with Crippen LogP contribution in [0.4, 0.5) is 18.0 Å². The van der Waals surface area contributed by atoms with E-state index in [9.17, 15) is 31.2 Å². The van der Waals surface area contributed by atoms with Crippen molar-refractivity contribution in [2.45, 2.75) is 37.5 Å². The first-order valence-electron chi connectivity index (χ1n) is 12.6. The quantitative estimate of drug-likeness (QED) is 0.371. The topological polar surface area (TPSA) is 113 Å². The van der Waals surface area contributed by atoms with Crippen molar-refractivity contribution >= 4 is 50.0 Å². The van der Waals surface area contributed by atoms with Crippen molar-refractivity contribution in [3.05, 3.63) is 67.7 Å². The van der Waals surface area contributed by atoms with Gasteiger partial charge in [-0.05, 0) is 54.3 Å². The number of amides is 1. The molecule has 41 heavy (non-hydrogen) atoms. The van der Waals surface area contributed by atoms with Gasteiger partial charge in [-0.25, -0.2) is 18.2 Å². The maximum atomic E-state index is 14.3. The summed E-state index contributed by atoms with van der Waals surface area (Å²) in [5.41, 5.74) is -2.04. The van der Waals surface area contributed by atoms with E-state index in [0.29, 0.717) is 19.5 Å². The Morgan fingerprint density at radius 1 is 1.22 bits per heavy atom. The molecule has 222 valence electrons. The minimum atomic E-state index is -4.84. The molecule has 1 N–H and O–H groups in total. The van der Waals surface area contributed by atoms with Crippen LogP contribution < -0.4 is 5.56 Å². The highest BCUT2D eigenvalue weighted by molar-refractivity contribution is 7.91. The Kier molecular flexibility index (Phi) is 8.93. The van der Waals surface area contributed by atoms with Crippen LogP contribution in [0, 0.1) is 5.92 Å². The van der Waals surface area contributed by atoms with Gasteiger partial charge in [0.15, 0.2) is 9.84 Å². The van der Waals surface area contributed by atoms with Gasteiger partial charge in [-0.3, -0.25) is 14.3 Å². The number of carboxylic acid groups (broad SMARTS) is 1. The van der Waals surface area contributed by atoms with Crippen LogP contribution in [0.15, 0.2) is 40.3 Å². The van der Waals surface area contributed by atoms with Crippen LogP contribution in [-0.4, -0.2) is 71.4 Å². The molecule has 1 atom stereocenters. The number of hydrogen-bond donors (Lipinski definition) is 1. The van der Waals surface area contributed by atoms with Crippen molar-refractivity contribution in [2.75, 3.05) is 32.4 Å². The summed E-state index contributed by atoms with van der Waals surface area (Å²) in [5.74, 6) is -0.253. The van der Waals surface area contributed by atoms with Gasteiger partial charge in [0.1, 0.15) is 0 Å². The van der Waals surface area contributed by atoms with Gasteiger partial charge in [0.25, 0.3) is 5.56 Å². The molecule has 3 aromatic rings. The molecule has 0 saturated carbocycles. The third-order valence-electron chi connectivity index (χ3n) is 7.15. The third kappa shape index (κ3) is 6.63. The number of sulfone groups is 1. The van der Waals surface area contributed by atoms with Crippen LogP contribution in [0.3, 0.4) is 0 Å². The van der Waals surface area contributed by atoms with E-state index < -0.39 is 33.2 Å². The third-order valence-corrected chi connectivity index (χ3v) is 9.62. The summed E-state index contributed by atoms with van der Waals surface area (Å²) < 4.78 is 68.9. The van der Waals surface area contributed by atoms with Gasteiger partial charge in [-0.2, -0.15) is 13.2 Å². The zero-order chi connectivity index (χ0) is 30.3. The Hall–Kier alpha value is -2.87. The zero-order valence-electron chi connectivity index (χ0n) is 22.1. The van der Waals surface area contributed by atoms with Crippen LogP contribution in [-0.2, 0) is 29.1 Å². The fraction of sp³-hybridized carbons (Fsp3) is 0.423. The second-order valence-corrected chi connectivity index (χ2v) is 13.1. The Balaban J connectivity index is 1.73. The second-order valence-electron chi connectivity index (χ2n) is 10.00. The van der Waals surface area contributed by atoms with E-state index >= 15 is 0 Å². The molecule has 1 fully saturated rings. The van der Waals surface area contributed by atoms with E-state index in [1.165, 1.54) is 32.2 Å². The molecular weight excluding hydrogens is 608 g/mol. The molecule has 2 heterocycles. The molecule has 9 nitrogen and oxygen atoms in total. The Bertz CT molecular complexity index is 1660. The first-order valence-corrected chi connectivity index (χ1v) is 15.0. The second kappa shape index (κ2) is 11.8. The highest BCUT2D eigenvalue weighted by atomic mass is 35.5. The summed E-state index contributed by atoms with van der Waals surface area (Å²) in [6.07, 6.45) is -4.20. The average Bonchev–Trinajstić information content (AvgIpc) is 3.33. The summed E-state index contributed by atoms with van der Waals surface area (Å²) >= 11 is 12.5. The molecule has 1 saturated heterocycles. The predicted molar refractivity (Wildman–Crippen MR) is 148 cm³/mol. The number of fused-ring (bicyclic) bond motifs is 1. The van der Waals surface area contributed by atoms with E-state index in [0.717, 1.165) is 21.9 Å². The van der Waals surface area contributed by atoms with Gasteiger partial charge in [0, 0.05) is 31.7 Å². The smallest absolute Gasteiger partial charge is 0.416 e. The largest absolute Gasteiger partial charge is 0.465 e. The minimum absolute atomic E-state index is 0.0424. The summed E-state index contributed by atoms with van der Waals surface area (Å²) in [7, 11) is -2.25. The standard InChI is InChI=1S/C26H27Cl2F3N4O5S/c1-3-41(39,40)21-5-4-17(27)8-16(21)12-35-14-32-23-18(24(35)36)9-20(26(29,30)31)19(22(23)28)13-34-7-6-15(11-34)10-33(2)25(37)38/h4-5,8-9,14-15H,3,6-7,10-13H2,1-2H3,(H,37,38)/t15-/m1/s1. The fourth-order valence-electron chi connectivity index (χ4n) is 5.03. The minimum Gasteiger partial charge on any atom is -0.465 e. The first-order chi connectivity index (χ1) is 19.1. The van der Waals surface area contributed by atoms with Gasteiger partial charge in [-0.15, -0.1) is 0 Å². The van der Waals surface area contributed by atoms with Crippen molar-refractivity contribution in [3.8, 4) is 0 Å². The number of rotatable bonds is 8. The number of nitrogens with zero attached hydrogens (tertiary/aromatic N) is 4. The Morgan fingerprint density at radius 3 is 2.56 bits per heavy atom. The van der Waals surface area contributed by atoms with E-state index in [1.807, 2.05) is 0 Å². The van der Waals surface area contributed by atoms with Crippen LogP contribution >= 0.6 is 23.2 Å². The monoisotopic (exact) mass is 634 g/mol. The van der Waals surface area contributed by atoms with Gasteiger partial charge in [0.05, 0.1) is 45.0 Å². The molecule has 1 aliphatic rings. The van der Waals surface area contributed by atoms with E-state index in [4.69, 9.17) is 28.3 Å². The molecule has 1 aliphatic heterocycles. The summed E-state index contributed by atoms with van der Waals surface area (Å²) in [6, 6.07) is 4.84. The lowest BCUT2D eigenvalue weighted by atomic mass is 10.0. The number of halogens is 5. The molecule has 0 radical (unpaired) electrons. The molecule has 1 amide bonds. The van der Waals surface area contributed by atoms with Gasteiger partial charge >= 0.3 is 12.3 Å². The molecule has 0 unspecified atom stereocenters. The summed E-state index contributed by atoms with van der Waals surface area (Å²) in [6.45, 7) is 2.08. The van der Waals surface area contributed by atoms with Crippen LogP contribution in [0.1, 0.15) is 30.0 Å². The molecule has 0 bridgehead atoms. The van der Waals surface area contributed by atoms with Crippen molar-refractivity contribution in [1.82, 2.24) is 19.4 Å². The molecule has 0 aliphatic carbocycles. The first kappa shape index (κ1) is 31.1. The number of aromatic nitrogens is 2. The highest BCUT2D eigenvalue weighted by Gasteiger charge is 2.37. The fourth-order valence-corrected chi connectivity index (χ4v) is 6.65. The van der Waals surface area contributed by atoms with Crippen molar-refractivity contribution in [2.24, 2.45) is 5.92 Å². The molecule has 4 rings (SSSR count). The summed E-state index contributed by atoms with van der Waals surface area (Å²) in [5, 5.41) is 8.66. The highest BCUT2D eigenvalue weighted by Crippen LogP contribution is 2.39. The lowest BCUT2D eigenvalue weighted by Gasteiger charge is -2.22. The van der Waals surface area contributed by atoms with E-state index in [2.05, 4.69) is 4.98 Å². The van der Waals surface area contributed by atoms with Crippen LogP contribution in [0.5, 0.6) is 0 Å². The lowest BCUT2D eigenvalue weighted by molar-refractivity contribution is -0.138. The number of benzene rings is 2. The van der Waals surface area contributed by atoms with E-state index in [1.54, 1.807) is 4.90 Å². The molecule has 15 heteroatoms. The molecule has 1 aromatic heterocycles. The van der Waals surface area contributed by atoms with E-state index in [-0.39, 0.29) is 68.3 Å². The SMILES string of the molecule is CCS(=O)(=O)c1ccc(Cl)cc1Cn1cnc2c(Cl)c(CN3CC[C@H](CN(C)C(=O)O)C3)c(C(F)(F)F)cc2c1=O. The number of likely N-dealkylation sites (tertiary alicyclic amines) is 1. The lowest BCUT2D eigenvalue weighted by Crippen LogP contribution is -2.32. The van der Waals surface area contributed by atoms with Crippen LogP contribution in [0.25, 0.3) is 10.9 Å². The number of alkyl halides is 3.